The molecule has 0 spiro atoms. The number of carbonyl (C=O) groups excluding carboxylic acids is 1. The Morgan fingerprint density at radius 3 is 2.56 bits per heavy atom. The van der Waals surface area contributed by atoms with E-state index in [1.807, 2.05) is 18.2 Å². The molecule has 1 aliphatic rings. The number of benzene rings is 1. The lowest BCUT2D eigenvalue weighted by Gasteiger charge is -2.29. The predicted octanol–water partition coefficient (Wildman–Crippen LogP) is 3.71. The van der Waals surface area contributed by atoms with Crippen LogP contribution in [0.15, 0.2) is 24.3 Å². The van der Waals surface area contributed by atoms with Gasteiger partial charge in [0.2, 0.25) is 0 Å². The van der Waals surface area contributed by atoms with Gasteiger partial charge >= 0.3 is 0 Å². The van der Waals surface area contributed by atoms with Gasteiger partial charge in [0.25, 0.3) is 0 Å². The molecule has 0 atom stereocenters. The van der Waals surface area contributed by atoms with Crippen molar-refractivity contribution >= 4 is 6.29 Å². The van der Waals surface area contributed by atoms with E-state index in [4.69, 9.17) is 0 Å². The highest BCUT2D eigenvalue weighted by atomic mass is 19.1. The average molecular weight is 220 g/mol. The van der Waals surface area contributed by atoms with Gasteiger partial charge in [0.05, 0.1) is 0 Å². The Labute approximate surface area is 95.7 Å². The maximum absolute atomic E-state index is 14.5. The summed E-state index contributed by atoms with van der Waals surface area (Å²) in [4.78, 5) is 10.9. The Balaban J connectivity index is 2.15. The minimum Gasteiger partial charge on any atom is -0.298 e. The van der Waals surface area contributed by atoms with Crippen LogP contribution in [0.5, 0.6) is 0 Å². The summed E-state index contributed by atoms with van der Waals surface area (Å²) in [6.45, 7) is 0. The Hall–Kier alpha value is -1.18. The monoisotopic (exact) mass is 220 g/mol. The van der Waals surface area contributed by atoms with Crippen LogP contribution >= 0.6 is 0 Å². The molecule has 0 radical (unpaired) electrons. The van der Waals surface area contributed by atoms with Crippen LogP contribution < -0.4 is 0 Å². The minimum absolute atomic E-state index is 0.391. The quantitative estimate of drug-likeness (QED) is 0.710. The van der Waals surface area contributed by atoms with Gasteiger partial charge in [0.15, 0.2) is 0 Å². The zero-order valence-electron chi connectivity index (χ0n) is 9.42. The molecule has 0 amide bonds. The summed E-state index contributed by atoms with van der Waals surface area (Å²) in [7, 11) is 0. The van der Waals surface area contributed by atoms with Gasteiger partial charge in [0, 0.05) is 12.0 Å². The van der Waals surface area contributed by atoms with Crippen molar-refractivity contribution in [2.24, 2.45) is 0 Å². The van der Waals surface area contributed by atoms with Gasteiger partial charge in [-0.15, -0.1) is 0 Å². The third kappa shape index (κ3) is 2.49. The molecule has 2 rings (SSSR count). The maximum Gasteiger partial charge on any atom is 0.150 e. The lowest BCUT2D eigenvalue weighted by molar-refractivity contribution is 0.106. The molecule has 1 aromatic rings. The van der Waals surface area contributed by atoms with E-state index in [2.05, 4.69) is 0 Å². The molecule has 0 aliphatic heterocycles. The number of aldehydes is 1. The highest BCUT2D eigenvalue weighted by Gasteiger charge is 2.32. The molecule has 0 heterocycles. The number of hydrogen-bond acceptors (Lipinski definition) is 1. The van der Waals surface area contributed by atoms with Crippen molar-refractivity contribution in [1.82, 2.24) is 0 Å². The molecule has 86 valence electrons. The Morgan fingerprint density at radius 1 is 1.19 bits per heavy atom. The topological polar surface area (TPSA) is 17.1 Å². The second kappa shape index (κ2) is 4.77. The van der Waals surface area contributed by atoms with Crippen LogP contribution in [0.3, 0.4) is 0 Å². The van der Waals surface area contributed by atoms with Gasteiger partial charge < -0.3 is 0 Å². The third-order valence-corrected chi connectivity index (χ3v) is 3.44. The van der Waals surface area contributed by atoms with Crippen LogP contribution in [0, 0.1) is 0 Å². The summed E-state index contributed by atoms with van der Waals surface area (Å²) in [5, 5.41) is 0. The molecule has 2 heteroatoms. The first-order valence-corrected chi connectivity index (χ1v) is 5.95. The molecule has 1 aliphatic carbocycles. The predicted molar refractivity (Wildman–Crippen MR) is 62.5 cm³/mol. The molecule has 1 nitrogen and oxygen atoms in total. The first-order chi connectivity index (χ1) is 7.73. The summed E-state index contributed by atoms with van der Waals surface area (Å²) in [5.74, 6) is 0. The van der Waals surface area contributed by atoms with Crippen molar-refractivity contribution in [1.29, 1.82) is 0 Å². The second-order valence-corrected chi connectivity index (χ2v) is 4.70. The van der Waals surface area contributed by atoms with Gasteiger partial charge in [-0.05, 0) is 18.4 Å². The van der Waals surface area contributed by atoms with Crippen molar-refractivity contribution in [3.63, 3.8) is 0 Å². The van der Waals surface area contributed by atoms with E-state index in [0.29, 0.717) is 24.8 Å². The van der Waals surface area contributed by atoms with Crippen LogP contribution in [-0.2, 0) is 6.42 Å². The number of rotatable bonds is 3. The first kappa shape index (κ1) is 11.3. The zero-order valence-corrected chi connectivity index (χ0v) is 9.42. The van der Waals surface area contributed by atoms with E-state index < -0.39 is 5.67 Å². The second-order valence-electron chi connectivity index (χ2n) is 4.70. The molecule has 16 heavy (non-hydrogen) atoms. The third-order valence-electron chi connectivity index (χ3n) is 3.44. The fourth-order valence-electron chi connectivity index (χ4n) is 2.51. The highest BCUT2D eigenvalue weighted by Crippen LogP contribution is 2.35. The molecular weight excluding hydrogens is 203 g/mol. The van der Waals surface area contributed by atoms with Gasteiger partial charge in [0.1, 0.15) is 12.0 Å². The fraction of sp³-hybridized carbons (Fsp3) is 0.500. The number of alkyl halides is 1. The fourth-order valence-corrected chi connectivity index (χ4v) is 2.51. The van der Waals surface area contributed by atoms with Crippen molar-refractivity contribution in [3.8, 4) is 0 Å². The van der Waals surface area contributed by atoms with Crippen molar-refractivity contribution in [3.05, 3.63) is 35.4 Å². The largest absolute Gasteiger partial charge is 0.298 e. The standard InChI is InChI=1S/C14H17FO/c15-14(8-4-1-5-9-14)10-12-6-2-3-7-13(12)11-16/h2-3,6-7,11H,1,4-5,8-10H2. The molecule has 1 saturated carbocycles. The first-order valence-electron chi connectivity index (χ1n) is 5.95. The summed E-state index contributed by atoms with van der Waals surface area (Å²) >= 11 is 0. The lowest BCUT2D eigenvalue weighted by atomic mass is 9.81. The molecular formula is C14H17FO. The molecule has 1 aromatic carbocycles. The van der Waals surface area contributed by atoms with Crippen molar-refractivity contribution in [2.75, 3.05) is 0 Å². The molecule has 1 fully saturated rings. The molecule has 0 saturated heterocycles. The van der Waals surface area contributed by atoms with Crippen molar-refractivity contribution in [2.45, 2.75) is 44.2 Å². The van der Waals surface area contributed by atoms with E-state index in [1.165, 1.54) is 0 Å². The van der Waals surface area contributed by atoms with E-state index in [-0.39, 0.29) is 0 Å². The summed E-state index contributed by atoms with van der Waals surface area (Å²) in [5.41, 5.74) is 0.393. The van der Waals surface area contributed by atoms with Gasteiger partial charge in [-0.1, -0.05) is 43.5 Å². The summed E-state index contributed by atoms with van der Waals surface area (Å²) in [6.07, 6.45) is 5.57. The van der Waals surface area contributed by atoms with Crippen LogP contribution in [0.1, 0.15) is 48.0 Å². The van der Waals surface area contributed by atoms with Crippen LogP contribution in [0.25, 0.3) is 0 Å². The summed E-state index contributed by atoms with van der Waals surface area (Å²) in [6, 6.07) is 7.31. The smallest absolute Gasteiger partial charge is 0.150 e. The van der Waals surface area contributed by atoms with E-state index >= 15 is 0 Å². The van der Waals surface area contributed by atoms with Gasteiger partial charge in [-0.25, -0.2) is 4.39 Å². The number of halogens is 1. The zero-order chi connectivity index (χ0) is 11.4. The number of carbonyl (C=O) groups is 1. The van der Waals surface area contributed by atoms with Crippen molar-refractivity contribution < 1.29 is 9.18 Å². The Bertz CT molecular complexity index is 367. The van der Waals surface area contributed by atoms with Crippen LogP contribution in [0.4, 0.5) is 4.39 Å². The molecule has 0 aromatic heterocycles. The summed E-state index contributed by atoms with van der Waals surface area (Å²) < 4.78 is 14.5. The van der Waals surface area contributed by atoms with Crippen LogP contribution in [0.2, 0.25) is 0 Å². The molecule has 0 unspecified atom stereocenters. The SMILES string of the molecule is O=Cc1ccccc1CC1(F)CCCCC1. The highest BCUT2D eigenvalue weighted by molar-refractivity contribution is 5.77. The van der Waals surface area contributed by atoms with E-state index in [9.17, 15) is 9.18 Å². The number of hydrogen-bond donors (Lipinski definition) is 0. The normalized spacial score (nSPS) is 19.3. The van der Waals surface area contributed by atoms with Crippen LogP contribution in [-0.4, -0.2) is 12.0 Å². The molecule has 0 N–H and O–H groups in total. The lowest BCUT2D eigenvalue weighted by Crippen LogP contribution is -2.29. The van der Waals surface area contributed by atoms with E-state index in [1.54, 1.807) is 6.07 Å². The average Bonchev–Trinajstić information content (AvgIpc) is 2.30. The minimum atomic E-state index is -1.09. The Morgan fingerprint density at radius 2 is 1.88 bits per heavy atom. The van der Waals surface area contributed by atoms with Gasteiger partial charge in [-0.2, -0.15) is 0 Å². The Kier molecular flexibility index (Phi) is 3.37. The molecule has 0 bridgehead atoms. The van der Waals surface area contributed by atoms with E-state index in [0.717, 1.165) is 31.1 Å². The van der Waals surface area contributed by atoms with Gasteiger partial charge in [-0.3, -0.25) is 4.79 Å². The maximum atomic E-state index is 14.5.